The lowest BCUT2D eigenvalue weighted by Gasteiger charge is -2.09. The Morgan fingerprint density at radius 3 is 1.80 bits per heavy atom. The monoisotopic (exact) mass is 527 g/mol. The molecule has 3 heterocycles. The summed E-state index contributed by atoms with van der Waals surface area (Å²) in [5.74, 6) is 1.55. The zero-order chi connectivity index (χ0) is 27.2. The van der Waals surface area contributed by atoms with E-state index in [2.05, 4.69) is 52.4 Å². The Bertz CT molecular complexity index is 2190. The van der Waals surface area contributed by atoms with Gasteiger partial charge < -0.3 is 4.42 Å². The average molecular weight is 528 g/mol. The molecule has 5 aromatic carbocycles. The van der Waals surface area contributed by atoms with E-state index < -0.39 is 0 Å². The van der Waals surface area contributed by atoms with Crippen LogP contribution in [0.15, 0.2) is 132 Å². The molecule has 0 radical (unpaired) electrons. The van der Waals surface area contributed by atoms with Crippen LogP contribution in [-0.2, 0) is 0 Å². The molecule has 8 aromatic rings. The topological polar surface area (TPSA) is 77.6 Å². The van der Waals surface area contributed by atoms with Crippen LogP contribution in [0.4, 0.5) is 0 Å². The Balaban J connectivity index is 1.33. The van der Waals surface area contributed by atoms with Gasteiger partial charge in [-0.1, -0.05) is 115 Å². The second kappa shape index (κ2) is 9.47. The highest BCUT2D eigenvalue weighted by Gasteiger charge is 2.20. The van der Waals surface area contributed by atoms with Crippen LogP contribution in [0.25, 0.3) is 78.3 Å². The third-order valence-corrected chi connectivity index (χ3v) is 7.27. The molecule has 0 unspecified atom stereocenters. The number of hydrogen-bond acceptors (Lipinski definition) is 6. The summed E-state index contributed by atoms with van der Waals surface area (Å²) < 4.78 is 6.38. The first-order valence-corrected chi connectivity index (χ1v) is 13.3. The zero-order valence-corrected chi connectivity index (χ0v) is 21.8. The maximum absolute atomic E-state index is 6.38. The van der Waals surface area contributed by atoms with Gasteiger partial charge in [-0.15, -0.1) is 0 Å². The molecule has 0 aliphatic rings. The van der Waals surface area contributed by atoms with Crippen LogP contribution in [-0.4, -0.2) is 24.9 Å². The highest BCUT2D eigenvalue weighted by atomic mass is 16.3. The predicted molar refractivity (Wildman–Crippen MR) is 162 cm³/mol. The maximum Gasteiger partial charge on any atom is 0.186 e. The maximum atomic E-state index is 6.38. The fourth-order valence-corrected chi connectivity index (χ4v) is 5.27. The van der Waals surface area contributed by atoms with Crippen LogP contribution in [0.1, 0.15) is 0 Å². The summed E-state index contributed by atoms with van der Waals surface area (Å²) in [6.45, 7) is 0. The molecule has 6 heteroatoms. The van der Waals surface area contributed by atoms with Crippen LogP contribution in [0.3, 0.4) is 0 Å². The lowest BCUT2D eigenvalue weighted by atomic mass is 10.0. The third kappa shape index (κ3) is 4.01. The second-order valence-corrected chi connectivity index (χ2v) is 9.78. The first-order valence-electron chi connectivity index (χ1n) is 13.3. The van der Waals surface area contributed by atoms with E-state index in [0.717, 1.165) is 49.5 Å². The second-order valence-electron chi connectivity index (χ2n) is 9.78. The van der Waals surface area contributed by atoms with Gasteiger partial charge in [0.1, 0.15) is 17.4 Å². The standard InChI is InChI=1S/C35H21N5O/c1-3-9-22(10-4-1)23-15-17-26(18-16-23)34-38-33(25-12-5-2-6-13-25)39-35(40-34)31-32-30(36-21-37-31)29-27-14-8-7-11-24(27)19-20-28(29)41-32/h1-21H. The van der Waals surface area contributed by atoms with Crippen molar-refractivity contribution in [2.75, 3.05) is 0 Å². The van der Waals surface area contributed by atoms with E-state index in [9.17, 15) is 0 Å². The molecule has 192 valence electrons. The van der Waals surface area contributed by atoms with Crippen LogP contribution in [0, 0.1) is 0 Å². The van der Waals surface area contributed by atoms with Gasteiger partial charge in [-0.25, -0.2) is 24.9 Å². The Labute approximate surface area is 235 Å². The predicted octanol–water partition coefficient (Wildman–Crippen LogP) is 8.38. The van der Waals surface area contributed by atoms with Crippen molar-refractivity contribution in [3.8, 4) is 45.4 Å². The van der Waals surface area contributed by atoms with Crippen molar-refractivity contribution in [1.82, 2.24) is 24.9 Å². The van der Waals surface area contributed by atoms with E-state index in [1.54, 1.807) is 6.33 Å². The smallest absolute Gasteiger partial charge is 0.186 e. The van der Waals surface area contributed by atoms with Crippen LogP contribution in [0.5, 0.6) is 0 Å². The van der Waals surface area contributed by atoms with Crippen LogP contribution >= 0.6 is 0 Å². The molecular weight excluding hydrogens is 506 g/mol. The van der Waals surface area contributed by atoms with Crippen molar-refractivity contribution >= 4 is 32.8 Å². The van der Waals surface area contributed by atoms with Crippen molar-refractivity contribution in [3.63, 3.8) is 0 Å². The molecule has 3 aromatic heterocycles. The van der Waals surface area contributed by atoms with Gasteiger partial charge in [-0.05, 0) is 28.0 Å². The third-order valence-electron chi connectivity index (χ3n) is 7.27. The molecule has 0 spiro atoms. The average Bonchev–Trinajstić information content (AvgIpc) is 3.45. The molecule has 0 saturated heterocycles. The van der Waals surface area contributed by atoms with E-state index in [-0.39, 0.29) is 0 Å². The van der Waals surface area contributed by atoms with E-state index in [0.29, 0.717) is 28.8 Å². The van der Waals surface area contributed by atoms with Crippen molar-refractivity contribution in [2.24, 2.45) is 0 Å². The van der Waals surface area contributed by atoms with Gasteiger partial charge in [0, 0.05) is 11.1 Å². The molecule has 41 heavy (non-hydrogen) atoms. The lowest BCUT2D eigenvalue weighted by Crippen LogP contribution is -2.01. The van der Waals surface area contributed by atoms with Crippen molar-refractivity contribution in [3.05, 3.63) is 128 Å². The minimum Gasteiger partial charge on any atom is -0.452 e. The summed E-state index contributed by atoms with van der Waals surface area (Å²) in [4.78, 5) is 23.9. The normalized spacial score (nSPS) is 11.4. The lowest BCUT2D eigenvalue weighted by molar-refractivity contribution is 0.666. The van der Waals surface area contributed by atoms with E-state index >= 15 is 0 Å². The molecule has 0 aliphatic heterocycles. The summed E-state index contributed by atoms with van der Waals surface area (Å²) in [5.41, 5.74) is 6.60. The molecule has 0 atom stereocenters. The highest BCUT2D eigenvalue weighted by Crippen LogP contribution is 2.37. The Morgan fingerprint density at radius 2 is 1.05 bits per heavy atom. The Kier molecular flexibility index (Phi) is 5.35. The number of benzene rings is 5. The minimum atomic E-state index is 0.428. The molecule has 0 saturated carbocycles. The number of furan rings is 1. The number of rotatable bonds is 4. The number of hydrogen-bond donors (Lipinski definition) is 0. The number of fused-ring (bicyclic) bond motifs is 5. The van der Waals surface area contributed by atoms with Gasteiger partial charge in [0.25, 0.3) is 0 Å². The quantitative estimate of drug-likeness (QED) is 0.229. The summed E-state index contributed by atoms with van der Waals surface area (Å²) in [6.07, 6.45) is 1.55. The number of aromatic nitrogens is 5. The van der Waals surface area contributed by atoms with Gasteiger partial charge in [0.05, 0.1) is 5.39 Å². The fraction of sp³-hybridized carbons (Fsp3) is 0. The minimum absolute atomic E-state index is 0.428. The van der Waals surface area contributed by atoms with Crippen molar-refractivity contribution in [2.45, 2.75) is 0 Å². The van der Waals surface area contributed by atoms with Gasteiger partial charge in [0.15, 0.2) is 28.8 Å². The van der Waals surface area contributed by atoms with Crippen LogP contribution < -0.4 is 0 Å². The first-order chi connectivity index (χ1) is 20.3. The molecular formula is C35H21N5O. The summed E-state index contributed by atoms with van der Waals surface area (Å²) >= 11 is 0. The molecule has 6 nitrogen and oxygen atoms in total. The molecule has 8 rings (SSSR count). The van der Waals surface area contributed by atoms with Crippen LogP contribution in [0.2, 0.25) is 0 Å². The molecule has 0 aliphatic carbocycles. The van der Waals surface area contributed by atoms with Gasteiger partial charge in [-0.2, -0.15) is 0 Å². The SMILES string of the molecule is c1ccc(-c2ccc(-c3nc(-c4ccccc4)nc(-c4ncnc5c4oc4ccc6ccccc6c45)n3)cc2)cc1. The van der Waals surface area contributed by atoms with Gasteiger partial charge in [-0.3, -0.25) is 0 Å². The van der Waals surface area contributed by atoms with Gasteiger partial charge in [0.2, 0.25) is 0 Å². The number of nitrogens with zero attached hydrogens (tertiary/aromatic N) is 5. The molecule has 0 N–H and O–H groups in total. The van der Waals surface area contributed by atoms with E-state index in [1.165, 1.54) is 0 Å². The van der Waals surface area contributed by atoms with Gasteiger partial charge >= 0.3 is 0 Å². The molecule has 0 fully saturated rings. The van der Waals surface area contributed by atoms with E-state index in [1.807, 2.05) is 78.9 Å². The Hall–Kier alpha value is -5.75. The highest BCUT2D eigenvalue weighted by molar-refractivity contribution is 6.18. The summed E-state index contributed by atoms with van der Waals surface area (Å²) in [5, 5.41) is 3.15. The zero-order valence-electron chi connectivity index (χ0n) is 21.8. The Morgan fingerprint density at radius 1 is 0.463 bits per heavy atom. The summed E-state index contributed by atoms with van der Waals surface area (Å²) in [7, 11) is 0. The molecule has 0 bridgehead atoms. The van der Waals surface area contributed by atoms with Crippen molar-refractivity contribution in [1.29, 1.82) is 0 Å². The molecule has 0 amide bonds. The fourth-order valence-electron chi connectivity index (χ4n) is 5.27. The largest absolute Gasteiger partial charge is 0.452 e. The van der Waals surface area contributed by atoms with E-state index in [4.69, 9.17) is 19.4 Å². The van der Waals surface area contributed by atoms with Crippen molar-refractivity contribution < 1.29 is 4.42 Å². The first kappa shape index (κ1) is 23.2. The summed E-state index contributed by atoms with van der Waals surface area (Å²) in [6, 6.07) is 40.7.